The van der Waals surface area contributed by atoms with Crippen molar-refractivity contribution in [3.8, 4) is 0 Å². The molecule has 2 saturated heterocycles. The number of thiazole rings is 1. The topological polar surface area (TPSA) is 19.4 Å². The van der Waals surface area contributed by atoms with Crippen LogP contribution in [0.15, 0.2) is 42.0 Å². The first-order valence-electron chi connectivity index (χ1n) is 7.66. The maximum Gasteiger partial charge on any atom is 0.0794 e. The minimum Gasteiger partial charge on any atom is -0.299 e. The Bertz CT molecular complexity index is 589. The van der Waals surface area contributed by atoms with Crippen LogP contribution in [0.3, 0.4) is 0 Å². The Morgan fingerprint density at radius 2 is 2.00 bits per heavy atom. The van der Waals surface area contributed by atoms with Crippen LogP contribution in [0.1, 0.15) is 16.5 Å². The van der Waals surface area contributed by atoms with Gasteiger partial charge in [-0.3, -0.25) is 14.8 Å². The van der Waals surface area contributed by atoms with Crippen molar-refractivity contribution in [3.63, 3.8) is 0 Å². The minimum absolute atomic E-state index is 0. The summed E-state index contributed by atoms with van der Waals surface area (Å²) in [5, 5.41) is 0. The Hall–Kier alpha value is -0.940. The van der Waals surface area contributed by atoms with Crippen molar-refractivity contribution in [3.05, 3.63) is 52.5 Å². The lowest BCUT2D eigenvalue weighted by atomic mass is 9.90. The molecule has 2 aromatic rings. The van der Waals surface area contributed by atoms with E-state index in [-0.39, 0.29) is 12.4 Å². The maximum absolute atomic E-state index is 4.19. The fourth-order valence-corrected chi connectivity index (χ4v) is 4.81. The lowest BCUT2D eigenvalue weighted by Crippen LogP contribution is -2.28. The van der Waals surface area contributed by atoms with Crippen LogP contribution in [0.4, 0.5) is 0 Å². The number of nitrogens with zero attached hydrogens (tertiary/aromatic N) is 3. The van der Waals surface area contributed by atoms with E-state index in [1.807, 2.05) is 11.7 Å². The van der Waals surface area contributed by atoms with Crippen LogP contribution < -0.4 is 0 Å². The van der Waals surface area contributed by atoms with Crippen LogP contribution in [0, 0.1) is 11.8 Å². The third-order valence-electron chi connectivity index (χ3n) is 4.97. The molecule has 0 N–H and O–H groups in total. The molecule has 0 bridgehead atoms. The molecule has 118 valence electrons. The second-order valence-electron chi connectivity index (χ2n) is 6.38. The summed E-state index contributed by atoms with van der Waals surface area (Å²) < 4.78 is 0. The molecule has 0 aliphatic carbocycles. The molecule has 1 aromatic carbocycles. The van der Waals surface area contributed by atoms with Crippen LogP contribution >= 0.6 is 23.7 Å². The smallest absolute Gasteiger partial charge is 0.0794 e. The van der Waals surface area contributed by atoms with Crippen molar-refractivity contribution in [1.29, 1.82) is 0 Å². The summed E-state index contributed by atoms with van der Waals surface area (Å²) in [6.45, 7) is 4.75. The summed E-state index contributed by atoms with van der Waals surface area (Å²) in [6, 6.07) is 11.6. The molecule has 2 aliphatic heterocycles. The number of fused-ring (bicyclic) bond motifs is 1. The summed E-state index contributed by atoms with van der Waals surface area (Å²) in [6.07, 6.45) is 2.01. The molecule has 0 radical (unpaired) electrons. The molecular weight excluding hydrogens is 314 g/mol. The highest BCUT2D eigenvalue weighted by Gasteiger charge is 2.45. The van der Waals surface area contributed by atoms with E-state index in [2.05, 4.69) is 52.2 Å². The van der Waals surface area contributed by atoms with Gasteiger partial charge in [-0.2, -0.15) is 0 Å². The molecule has 3 nitrogen and oxygen atoms in total. The standard InChI is InChI=1S/C17H21N3S.ClH/c1-19-8-14-9-20(10-15-7-18-12-21-15)11-16(14)17(19)13-5-3-2-4-6-13;/h2-7,12,14,16-17H,8-11H2,1H3;1H/t14-,16+,17-;/m0./s1. The molecule has 3 heterocycles. The molecule has 0 spiro atoms. The van der Waals surface area contributed by atoms with Crippen LogP contribution in [-0.4, -0.2) is 41.5 Å². The Morgan fingerprint density at radius 1 is 1.18 bits per heavy atom. The van der Waals surface area contributed by atoms with Gasteiger partial charge in [-0.15, -0.1) is 23.7 Å². The fourth-order valence-electron chi connectivity index (χ4n) is 4.17. The Balaban J connectivity index is 0.00000144. The predicted octanol–water partition coefficient (Wildman–Crippen LogP) is 3.30. The molecule has 22 heavy (non-hydrogen) atoms. The first kappa shape index (κ1) is 15.9. The Kier molecular flexibility index (Phi) is 4.83. The van der Waals surface area contributed by atoms with Crippen molar-refractivity contribution in [2.24, 2.45) is 11.8 Å². The van der Waals surface area contributed by atoms with E-state index < -0.39 is 0 Å². The quantitative estimate of drug-likeness (QED) is 0.858. The number of rotatable bonds is 3. The van der Waals surface area contributed by atoms with Gasteiger partial charge in [0.15, 0.2) is 0 Å². The zero-order chi connectivity index (χ0) is 14.2. The minimum atomic E-state index is 0. The van der Waals surface area contributed by atoms with E-state index in [4.69, 9.17) is 0 Å². The van der Waals surface area contributed by atoms with Gasteiger partial charge >= 0.3 is 0 Å². The van der Waals surface area contributed by atoms with E-state index in [0.717, 1.165) is 18.4 Å². The zero-order valence-corrected chi connectivity index (χ0v) is 14.4. The number of hydrogen-bond acceptors (Lipinski definition) is 4. The number of benzene rings is 1. The monoisotopic (exact) mass is 335 g/mol. The summed E-state index contributed by atoms with van der Waals surface area (Å²) in [7, 11) is 2.28. The van der Waals surface area contributed by atoms with Crippen molar-refractivity contribution in [2.45, 2.75) is 12.6 Å². The highest BCUT2D eigenvalue weighted by atomic mass is 35.5. The van der Waals surface area contributed by atoms with Gasteiger partial charge in [-0.1, -0.05) is 30.3 Å². The maximum atomic E-state index is 4.19. The third kappa shape index (κ3) is 2.93. The van der Waals surface area contributed by atoms with Crippen LogP contribution in [-0.2, 0) is 6.54 Å². The highest BCUT2D eigenvalue weighted by molar-refractivity contribution is 7.09. The number of hydrogen-bond donors (Lipinski definition) is 0. The molecular formula is C17H22ClN3S. The van der Waals surface area contributed by atoms with E-state index in [1.54, 1.807) is 11.3 Å². The molecule has 2 aliphatic rings. The van der Waals surface area contributed by atoms with E-state index in [0.29, 0.717) is 6.04 Å². The van der Waals surface area contributed by atoms with Gasteiger partial charge in [0.25, 0.3) is 0 Å². The Morgan fingerprint density at radius 3 is 2.73 bits per heavy atom. The van der Waals surface area contributed by atoms with Crippen molar-refractivity contribution in [2.75, 3.05) is 26.7 Å². The van der Waals surface area contributed by atoms with Crippen molar-refractivity contribution in [1.82, 2.24) is 14.8 Å². The summed E-state index contributed by atoms with van der Waals surface area (Å²) in [5.74, 6) is 1.58. The molecule has 5 heteroatoms. The van der Waals surface area contributed by atoms with Crippen molar-refractivity contribution >= 4 is 23.7 Å². The van der Waals surface area contributed by atoms with Gasteiger partial charge in [0.1, 0.15) is 0 Å². The second kappa shape index (κ2) is 6.67. The summed E-state index contributed by atoms with van der Waals surface area (Å²) in [5.41, 5.74) is 3.42. The molecule has 0 amide bonds. The number of likely N-dealkylation sites (tertiary alicyclic amines) is 2. The lowest BCUT2D eigenvalue weighted by Gasteiger charge is -2.26. The first-order valence-corrected chi connectivity index (χ1v) is 8.54. The SMILES string of the molecule is CN1C[C@H]2CN(Cc3cncs3)C[C@H]2[C@@H]1c1ccccc1.Cl. The first-order chi connectivity index (χ1) is 10.3. The molecule has 3 atom stereocenters. The van der Waals surface area contributed by atoms with Crippen LogP contribution in [0.5, 0.6) is 0 Å². The van der Waals surface area contributed by atoms with Crippen LogP contribution in [0.2, 0.25) is 0 Å². The Labute approximate surface area is 142 Å². The normalized spacial score (nSPS) is 28.5. The van der Waals surface area contributed by atoms with Gasteiger partial charge < -0.3 is 0 Å². The van der Waals surface area contributed by atoms with Gasteiger partial charge in [0.05, 0.1) is 5.51 Å². The third-order valence-corrected chi connectivity index (χ3v) is 5.74. The zero-order valence-electron chi connectivity index (χ0n) is 12.8. The van der Waals surface area contributed by atoms with Crippen molar-refractivity contribution < 1.29 is 0 Å². The number of halogens is 1. The molecule has 4 rings (SSSR count). The molecule has 0 unspecified atom stereocenters. The van der Waals surface area contributed by atoms with Gasteiger partial charge in [0, 0.05) is 43.3 Å². The molecule has 0 saturated carbocycles. The van der Waals surface area contributed by atoms with Gasteiger partial charge in [-0.25, -0.2) is 0 Å². The van der Waals surface area contributed by atoms with E-state index in [9.17, 15) is 0 Å². The number of aromatic nitrogens is 1. The van der Waals surface area contributed by atoms with Gasteiger partial charge in [0.2, 0.25) is 0 Å². The highest BCUT2D eigenvalue weighted by Crippen LogP contribution is 2.44. The molecule has 2 fully saturated rings. The average Bonchev–Trinajstić information content (AvgIpc) is 3.17. The fraction of sp³-hybridized carbons (Fsp3) is 0.471. The summed E-state index contributed by atoms with van der Waals surface area (Å²) >= 11 is 1.77. The van der Waals surface area contributed by atoms with E-state index in [1.165, 1.54) is 30.1 Å². The van der Waals surface area contributed by atoms with Crippen LogP contribution in [0.25, 0.3) is 0 Å². The molecule has 1 aromatic heterocycles. The van der Waals surface area contributed by atoms with Gasteiger partial charge in [-0.05, 0) is 24.4 Å². The predicted molar refractivity (Wildman–Crippen MR) is 93.4 cm³/mol. The van der Waals surface area contributed by atoms with E-state index >= 15 is 0 Å². The largest absolute Gasteiger partial charge is 0.299 e. The lowest BCUT2D eigenvalue weighted by molar-refractivity contribution is 0.225. The summed E-state index contributed by atoms with van der Waals surface area (Å²) in [4.78, 5) is 10.8. The average molecular weight is 336 g/mol. The second-order valence-corrected chi connectivity index (χ2v) is 7.35.